The zero-order valence-corrected chi connectivity index (χ0v) is 11.0. The van der Waals surface area contributed by atoms with E-state index in [9.17, 15) is 4.79 Å². The van der Waals surface area contributed by atoms with Crippen LogP contribution in [0.2, 0.25) is 5.02 Å². The number of nitrogens with one attached hydrogen (secondary N) is 1. The lowest BCUT2D eigenvalue weighted by Crippen LogP contribution is -2.11. The number of carbonyl (C=O) groups excluding carboxylic acids is 1. The predicted molar refractivity (Wildman–Crippen MR) is 68.7 cm³/mol. The molecule has 3 nitrogen and oxygen atoms in total. The van der Waals surface area contributed by atoms with E-state index in [1.54, 1.807) is 12.1 Å². The molecule has 88 valence electrons. The number of benzene rings is 1. The maximum Gasteiger partial charge on any atom is 0.224 e. The molecule has 16 heavy (non-hydrogen) atoms. The van der Waals surface area contributed by atoms with E-state index in [0.29, 0.717) is 30.0 Å². The Morgan fingerprint density at radius 3 is 2.88 bits per heavy atom. The monoisotopic (exact) mass is 305 g/mol. The Morgan fingerprint density at radius 1 is 1.44 bits per heavy atom. The summed E-state index contributed by atoms with van der Waals surface area (Å²) in [4.78, 5) is 11.5. The second-order valence-corrected chi connectivity index (χ2v) is 4.68. The minimum absolute atomic E-state index is 0.0894. The van der Waals surface area contributed by atoms with Crippen molar-refractivity contribution in [3.8, 4) is 0 Å². The van der Waals surface area contributed by atoms with Gasteiger partial charge < -0.3 is 10.4 Å². The van der Waals surface area contributed by atoms with Crippen LogP contribution >= 0.6 is 27.5 Å². The smallest absolute Gasteiger partial charge is 0.224 e. The largest absolute Gasteiger partial charge is 0.396 e. The van der Waals surface area contributed by atoms with Crippen molar-refractivity contribution in [3.63, 3.8) is 0 Å². The van der Waals surface area contributed by atoms with Crippen LogP contribution in [0.5, 0.6) is 0 Å². The molecule has 0 aromatic heterocycles. The predicted octanol–water partition coefficient (Wildman–Crippen LogP) is 3.20. The number of aliphatic hydroxyl groups is 1. The molecular weight excluding hydrogens is 293 g/mol. The zero-order chi connectivity index (χ0) is 12.0. The molecule has 1 amide bonds. The number of hydrogen-bond acceptors (Lipinski definition) is 2. The van der Waals surface area contributed by atoms with Crippen LogP contribution in [0.15, 0.2) is 22.7 Å². The lowest BCUT2D eigenvalue weighted by Gasteiger charge is -2.07. The summed E-state index contributed by atoms with van der Waals surface area (Å²) in [6, 6.07) is 5.28. The number of hydrogen-bond donors (Lipinski definition) is 2. The molecule has 0 aliphatic heterocycles. The van der Waals surface area contributed by atoms with Gasteiger partial charge in [0.25, 0.3) is 0 Å². The van der Waals surface area contributed by atoms with Crippen LogP contribution in [-0.2, 0) is 4.79 Å². The van der Waals surface area contributed by atoms with E-state index in [-0.39, 0.29) is 12.5 Å². The van der Waals surface area contributed by atoms with Crippen LogP contribution in [0.3, 0.4) is 0 Å². The highest BCUT2D eigenvalue weighted by atomic mass is 79.9. The maximum atomic E-state index is 11.5. The first-order valence-corrected chi connectivity index (χ1v) is 6.16. The second kappa shape index (κ2) is 6.89. The Bertz CT molecular complexity index is 371. The standard InChI is InChI=1S/C11H13BrClNO2/c12-8-4-5-9(13)10(7-8)14-11(16)3-1-2-6-15/h4-5,7,15H,1-3,6H2,(H,14,16). The maximum absolute atomic E-state index is 11.5. The van der Waals surface area contributed by atoms with Crippen molar-refractivity contribution in [3.05, 3.63) is 27.7 Å². The normalized spacial score (nSPS) is 10.2. The Balaban J connectivity index is 2.52. The molecule has 0 saturated carbocycles. The molecule has 0 spiro atoms. The SMILES string of the molecule is O=C(CCCCO)Nc1cc(Br)ccc1Cl. The van der Waals surface area contributed by atoms with Gasteiger partial charge in [-0.15, -0.1) is 0 Å². The Morgan fingerprint density at radius 2 is 2.19 bits per heavy atom. The van der Waals surface area contributed by atoms with Crippen LogP contribution in [0.25, 0.3) is 0 Å². The minimum Gasteiger partial charge on any atom is -0.396 e. The number of unbranched alkanes of at least 4 members (excludes halogenated alkanes) is 1. The van der Waals surface area contributed by atoms with Crippen molar-refractivity contribution in [2.75, 3.05) is 11.9 Å². The number of halogens is 2. The van der Waals surface area contributed by atoms with Gasteiger partial charge in [0, 0.05) is 17.5 Å². The fraction of sp³-hybridized carbons (Fsp3) is 0.364. The van der Waals surface area contributed by atoms with Crippen molar-refractivity contribution in [1.82, 2.24) is 0 Å². The summed E-state index contributed by atoms with van der Waals surface area (Å²) in [5.41, 5.74) is 0.602. The van der Waals surface area contributed by atoms with Gasteiger partial charge in [-0.25, -0.2) is 0 Å². The lowest BCUT2D eigenvalue weighted by atomic mass is 10.2. The molecule has 5 heteroatoms. The molecule has 2 N–H and O–H groups in total. The topological polar surface area (TPSA) is 49.3 Å². The van der Waals surface area contributed by atoms with Crippen LogP contribution in [0.1, 0.15) is 19.3 Å². The van der Waals surface area contributed by atoms with Crippen LogP contribution in [0.4, 0.5) is 5.69 Å². The molecule has 1 aromatic rings. The number of rotatable bonds is 5. The first-order valence-electron chi connectivity index (χ1n) is 4.99. The first kappa shape index (κ1) is 13.5. The molecule has 0 heterocycles. The molecular formula is C11H13BrClNO2. The Labute approximate surface area is 108 Å². The van der Waals surface area contributed by atoms with E-state index in [2.05, 4.69) is 21.2 Å². The summed E-state index contributed by atoms with van der Waals surface area (Å²) in [6.45, 7) is 0.116. The number of anilines is 1. The van der Waals surface area contributed by atoms with Gasteiger partial charge in [-0.3, -0.25) is 4.79 Å². The van der Waals surface area contributed by atoms with E-state index in [0.717, 1.165) is 4.47 Å². The lowest BCUT2D eigenvalue weighted by molar-refractivity contribution is -0.116. The number of carbonyl (C=O) groups is 1. The molecule has 0 atom stereocenters. The fourth-order valence-corrected chi connectivity index (χ4v) is 1.73. The van der Waals surface area contributed by atoms with Crippen LogP contribution in [0, 0.1) is 0 Å². The number of amides is 1. The summed E-state index contributed by atoms with van der Waals surface area (Å²) in [6.07, 6.45) is 1.71. The molecule has 0 aliphatic carbocycles. The summed E-state index contributed by atoms with van der Waals surface area (Å²) in [7, 11) is 0. The van der Waals surface area contributed by atoms with Crippen LogP contribution < -0.4 is 5.32 Å². The Kier molecular flexibility index (Phi) is 5.80. The van der Waals surface area contributed by atoms with Gasteiger partial charge in [0.2, 0.25) is 5.91 Å². The van der Waals surface area contributed by atoms with E-state index < -0.39 is 0 Å². The molecule has 0 fully saturated rings. The van der Waals surface area contributed by atoms with Crippen molar-refractivity contribution < 1.29 is 9.90 Å². The van der Waals surface area contributed by atoms with Gasteiger partial charge in [-0.05, 0) is 31.0 Å². The first-order chi connectivity index (χ1) is 7.63. The van der Waals surface area contributed by atoms with E-state index in [4.69, 9.17) is 16.7 Å². The van der Waals surface area contributed by atoms with E-state index >= 15 is 0 Å². The highest BCUT2D eigenvalue weighted by Crippen LogP contribution is 2.25. The molecule has 0 unspecified atom stereocenters. The molecule has 1 aromatic carbocycles. The molecule has 1 rings (SSSR count). The highest BCUT2D eigenvalue weighted by Gasteiger charge is 2.05. The van der Waals surface area contributed by atoms with Gasteiger partial charge in [0.1, 0.15) is 0 Å². The summed E-state index contributed by atoms with van der Waals surface area (Å²) in [5, 5.41) is 11.8. The second-order valence-electron chi connectivity index (χ2n) is 3.35. The van der Waals surface area contributed by atoms with Crippen molar-refractivity contribution in [2.45, 2.75) is 19.3 Å². The fourth-order valence-electron chi connectivity index (χ4n) is 1.20. The average Bonchev–Trinajstić information content (AvgIpc) is 2.24. The van der Waals surface area contributed by atoms with Gasteiger partial charge >= 0.3 is 0 Å². The molecule has 0 radical (unpaired) electrons. The Hall–Kier alpha value is -0.580. The summed E-state index contributed by atoms with van der Waals surface area (Å²) >= 11 is 9.23. The van der Waals surface area contributed by atoms with Crippen LogP contribution in [-0.4, -0.2) is 17.6 Å². The highest BCUT2D eigenvalue weighted by molar-refractivity contribution is 9.10. The van der Waals surface area contributed by atoms with Crippen molar-refractivity contribution in [1.29, 1.82) is 0 Å². The summed E-state index contributed by atoms with van der Waals surface area (Å²) < 4.78 is 0.863. The van der Waals surface area contributed by atoms with Gasteiger partial charge in [-0.1, -0.05) is 27.5 Å². The van der Waals surface area contributed by atoms with Gasteiger partial charge in [-0.2, -0.15) is 0 Å². The molecule has 0 aliphatic rings. The van der Waals surface area contributed by atoms with Crippen molar-refractivity contribution >= 4 is 39.1 Å². The molecule has 0 bridgehead atoms. The third-order valence-electron chi connectivity index (χ3n) is 2.01. The van der Waals surface area contributed by atoms with Crippen molar-refractivity contribution in [2.24, 2.45) is 0 Å². The van der Waals surface area contributed by atoms with Gasteiger partial charge in [0.15, 0.2) is 0 Å². The van der Waals surface area contributed by atoms with Gasteiger partial charge in [0.05, 0.1) is 10.7 Å². The third-order valence-corrected chi connectivity index (χ3v) is 2.84. The zero-order valence-electron chi connectivity index (χ0n) is 8.67. The number of aliphatic hydroxyl groups excluding tert-OH is 1. The summed E-state index contributed by atoms with van der Waals surface area (Å²) in [5.74, 6) is -0.0894. The molecule has 0 saturated heterocycles. The minimum atomic E-state index is -0.0894. The van der Waals surface area contributed by atoms with E-state index in [1.165, 1.54) is 0 Å². The average molecular weight is 307 g/mol. The third kappa shape index (κ3) is 4.51. The van der Waals surface area contributed by atoms with E-state index in [1.807, 2.05) is 6.07 Å². The quantitative estimate of drug-likeness (QED) is 0.821.